The standard InChI is InChI=1S/C13H18O5/c1-18-11-4-2-10(3-5-11)6-12(17)13(7-14,8-15)9-16/h2-6,14-17H,7-9H2,1H3. The van der Waals surface area contributed by atoms with Gasteiger partial charge in [-0.05, 0) is 23.8 Å². The molecule has 0 heterocycles. The molecule has 5 heteroatoms. The van der Waals surface area contributed by atoms with E-state index in [9.17, 15) is 5.11 Å². The Morgan fingerprint density at radius 3 is 2.00 bits per heavy atom. The van der Waals surface area contributed by atoms with Crippen LogP contribution in [-0.2, 0) is 0 Å². The lowest BCUT2D eigenvalue weighted by Crippen LogP contribution is -2.36. The Hall–Kier alpha value is -1.56. The Bertz CT molecular complexity index is 384. The molecule has 1 aromatic carbocycles. The summed E-state index contributed by atoms with van der Waals surface area (Å²) in [6.45, 7) is -1.63. The van der Waals surface area contributed by atoms with Gasteiger partial charge in [0.05, 0.1) is 32.3 Å². The van der Waals surface area contributed by atoms with Crippen molar-refractivity contribution in [2.45, 2.75) is 0 Å². The predicted octanol–water partition coefficient (Wildman–Crippen LogP) is 0.557. The maximum absolute atomic E-state index is 9.89. The van der Waals surface area contributed by atoms with E-state index in [1.807, 2.05) is 0 Å². The maximum Gasteiger partial charge on any atom is 0.118 e. The van der Waals surface area contributed by atoms with Gasteiger partial charge in [-0.3, -0.25) is 0 Å². The summed E-state index contributed by atoms with van der Waals surface area (Å²) in [7, 11) is 1.55. The smallest absolute Gasteiger partial charge is 0.118 e. The van der Waals surface area contributed by atoms with E-state index in [1.165, 1.54) is 6.08 Å². The van der Waals surface area contributed by atoms with Crippen LogP contribution in [0.5, 0.6) is 5.75 Å². The molecule has 5 nitrogen and oxygen atoms in total. The summed E-state index contributed by atoms with van der Waals surface area (Å²) in [5.41, 5.74) is -0.743. The third-order valence-electron chi connectivity index (χ3n) is 2.87. The molecular weight excluding hydrogens is 236 g/mol. The molecule has 0 aliphatic rings. The Balaban J connectivity index is 2.99. The minimum absolute atomic E-state index is 0.264. The van der Waals surface area contributed by atoms with Gasteiger partial charge in [-0.15, -0.1) is 0 Å². The fraction of sp³-hybridized carbons (Fsp3) is 0.385. The molecule has 0 radical (unpaired) electrons. The molecule has 0 atom stereocenters. The van der Waals surface area contributed by atoms with Crippen molar-refractivity contribution in [1.29, 1.82) is 0 Å². The highest BCUT2D eigenvalue weighted by Gasteiger charge is 2.33. The van der Waals surface area contributed by atoms with Crippen molar-refractivity contribution in [2.24, 2.45) is 5.41 Å². The van der Waals surface area contributed by atoms with Crippen LogP contribution in [0.15, 0.2) is 30.0 Å². The lowest BCUT2D eigenvalue weighted by molar-refractivity contribution is 0.00640. The first-order chi connectivity index (χ1) is 8.61. The average Bonchev–Trinajstić information content (AvgIpc) is 2.42. The van der Waals surface area contributed by atoms with E-state index in [2.05, 4.69) is 0 Å². The summed E-state index contributed by atoms with van der Waals surface area (Å²) < 4.78 is 5.00. The van der Waals surface area contributed by atoms with Gasteiger partial charge in [0.2, 0.25) is 0 Å². The Morgan fingerprint density at radius 2 is 1.61 bits per heavy atom. The minimum atomic E-state index is -1.42. The topological polar surface area (TPSA) is 90.2 Å². The zero-order chi connectivity index (χ0) is 13.6. The molecule has 0 amide bonds. The van der Waals surface area contributed by atoms with E-state index in [1.54, 1.807) is 31.4 Å². The van der Waals surface area contributed by atoms with Crippen molar-refractivity contribution in [2.75, 3.05) is 26.9 Å². The summed E-state index contributed by atoms with van der Waals surface area (Å²) in [4.78, 5) is 0. The number of benzene rings is 1. The largest absolute Gasteiger partial charge is 0.511 e. The second kappa shape index (κ2) is 6.39. The molecule has 18 heavy (non-hydrogen) atoms. The summed E-state index contributed by atoms with van der Waals surface area (Å²) in [6.07, 6.45) is 1.39. The van der Waals surface area contributed by atoms with Crippen LogP contribution in [0.3, 0.4) is 0 Å². The summed E-state index contributed by atoms with van der Waals surface area (Å²) in [5, 5.41) is 37.4. The number of aliphatic hydroxyl groups is 4. The van der Waals surface area contributed by atoms with E-state index in [-0.39, 0.29) is 5.76 Å². The maximum atomic E-state index is 9.89. The second-order valence-corrected chi connectivity index (χ2v) is 4.06. The van der Waals surface area contributed by atoms with E-state index in [4.69, 9.17) is 20.1 Å². The average molecular weight is 254 g/mol. The van der Waals surface area contributed by atoms with Crippen molar-refractivity contribution >= 4 is 6.08 Å². The van der Waals surface area contributed by atoms with Gasteiger partial charge in [0.1, 0.15) is 11.5 Å². The van der Waals surface area contributed by atoms with Crippen molar-refractivity contribution in [3.63, 3.8) is 0 Å². The fourth-order valence-corrected chi connectivity index (χ4v) is 1.40. The van der Waals surface area contributed by atoms with E-state index in [0.29, 0.717) is 11.3 Å². The Labute approximate surface area is 106 Å². The summed E-state index contributed by atoms with van der Waals surface area (Å²) in [5.74, 6) is 0.421. The number of rotatable bonds is 6. The Kier molecular flexibility index (Phi) is 5.15. The summed E-state index contributed by atoms with van der Waals surface area (Å²) in [6, 6.07) is 6.87. The van der Waals surface area contributed by atoms with Crippen molar-refractivity contribution in [1.82, 2.24) is 0 Å². The molecule has 0 spiro atoms. The first-order valence-corrected chi connectivity index (χ1v) is 5.49. The highest BCUT2D eigenvalue weighted by molar-refractivity contribution is 5.53. The molecule has 4 N–H and O–H groups in total. The Morgan fingerprint density at radius 1 is 1.11 bits per heavy atom. The lowest BCUT2D eigenvalue weighted by Gasteiger charge is -2.26. The number of methoxy groups -OCH3 is 1. The van der Waals surface area contributed by atoms with Crippen LogP contribution >= 0.6 is 0 Å². The first-order valence-electron chi connectivity index (χ1n) is 5.49. The number of hydrogen-bond donors (Lipinski definition) is 4. The highest BCUT2D eigenvalue weighted by atomic mass is 16.5. The van der Waals surface area contributed by atoms with Crippen molar-refractivity contribution in [3.8, 4) is 5.75 Å². The molecule has 0 fully saturated rings. The van der Waals surface area contributed by atoms with Crippen LogP contribution in [0.2, 0.25) is 0 Å². The van der Waals surface area contributed by atoms with E-state index < -0.39 is 25.2 Å². The molecular formula is C13H18O5. The molecule has 0 bridgehead atoms. The molecule has 0 saturated heterocycles. The number of hydrogen-bond acceptors (Lipinski definition) is 5. The quantitative estimate of drug-likeness (QED) is 0.557. The zero-order valence-corrected chi connectivity index (χ0v) is 10.2. The third kappa shape index (κ3) is 3.01. The van der Waals surface area contributed by atoms with Crippen LogP contribution in [0.1, 0.15) is 5.56 Å². The normalized spacial score (nSPS) is 12.6. The van der Waals surface area contributed by atoms with Gasteiger partial charge in [0, 0.05) is 0 Å². The second-order valence-electron chi connectivity index (χ2n) is 4.06. The first kappa shape index (κ1) is 14.5. The van der Waals surface area contributed by atoms with Crippen LogP contribution in [-0.4, -0.2) is 47.4 Å². The molecule has 0 aromatic heterocycles. The summed E-state index contributed by atoms with van der Waals surface area (Å²) >= 11 is 0. The SMILES string of the molecule is COc1ccc(C=C(O)C(CO)(CO)CO)cc1. The molecule has 0 saturated carbocycles. The van der Waals surface area contributed by atoms with Crippen LogP contribution < -0.4 is 4.74 Å². The third-order valence-corrected chi connectivity index (χ3v) is 2.87. The molecule has 100 valence electrons. The van der Waals surface area contributed by atoms with Crippen LogP contribution in [0.4, 0.5) is 0 Å². The lowest BCUT2D eigenvalue weighted by atomic mass is 9.87. The predicted molar refractivity (Wildman–Crippen MR) is 67.3 cm³/mol. The van der Waals surface area contributed by atoms with Gasteiger partial charge in [-0.1, -0.05) is 12.1 Å². The van der Waals surface area contributed by atoms with Gasteiger partial charge in [-0.2, -0.15) is 0 Å². The highest BCUT2D eigenvalue weighted by Crippen LogP contribution is 2.26. The van der Waals surface area contributed by atoms with Crippen molar-refractivity contribution < 1.29 is 25.2 Å². The molecule has 1 aromatic rings. The van der Waals surface area contributed by atoms with Crippen LogP contribution in [0, 0.1) is 5.41 Å². The minimum Gasteiger partial charge on any atom is -0.511 e. The number of aliphatic hydroxyl groups excluding tert-OH is 4. The van der Waals surface area contributed by atoms with Gasteiger partial charge < -0.3 is 25.2 Å². The van der Waals surface area contributed by atoms with Crippen LogP contribution in [0.25, 0.3) is 6.08 Å². The van der Waals surface area contributed by atoms with Crippen molar-refractivity contribution in [3.05, 3.63) is 35.6 Å². The van der Waals surface area contributed by atoms with E-state index >= 15 is 0 Å². The fourth-order valence-electron chi connectivity index (χ4n) is 1.40. The molecule has 0 aliphatic heterocycles. The molecule has 0 unspecified atom stereocenters. The molecule has 0 aliphatic carbocycles. The number of ether oxygens (including phenoxy) is 1. The van der Waals surface area contributed by atoms with Gasteiger partial charge >= 0.3 is 0 Å². The molecule has 1 rings (SSSR count). The van der Waals surface area contributed by atoms with E-state index in [0.717, 1.165) is 0 Å². The van der Waals surface area contributed by atoms with Gasteiger partial charge in [0.15, 0.2) is 0 Å². The monoisotopic (exact) mass is 254 g/mol. The van der Waals surface area contributed by atoms with Gasteiger partial charge in [0.25, 0.3) is 0 Å². The van der Waals surface area contributed by atoms with Gasteiger partial charge in [-0.25, -0.2) is 0 Å². The zero-order valence-electron chi connectivity index (χ0n) is 10.2.